The Hall–Kier alpha value is -2.36. The molecule has 2 rings (SSSR count). The Morgan fingerprint density at radius 1 is 1.15 bits per heavy atom. The van der Waals surface area contributed by atoms with Crippen LogP contribution in [0.3, 0.4) is 0 Å². The van der Waals surface area contributed by atoms with Gasteiger partial charge in [0.25, 0.3) is 0 Å². The Morgan fingerprint density at radius 2 is 1.70 bits per heavy atom. The maximum Gasteiger partial charge on any atom is 0.416 e. The number of alkyl halides is 3. The third-order valence-electron chi connectivity index (χ3n) is 4.05. The van der Waals surface area contributed by atoms with Gasteiger partial charge < -0.3 is 10.2 Å². The Balaban J connectivity index is 1.89. The largest absolute Gasteiger partial charge is 0.416 e. The van der Waals surface area contributed by atoms with Gasteiger partial charge in [0.1, 0.15) is 6.04 Å². The molecule has 0 bridgehead atoms. The molecule has 1 aliphatic heterocycles. The Labute approximate surface area is 155 Å². The molecule has 1 heterocycles. The van der Waals surface area contributed by atoms with E-state index in [1.165, 1.54) is 30.0 Å². The quantitative estimate of drug-likeness (QED) is 0.771. The van der Waals surface area contributed by atoms with Crippen LogP contribution in [0.15, 0.2) is 30.3 Å². The molecule has 1 fully saturated rings. The van der Waals surface area contributed by atoms with Gasteiger partial charge in [0.2, 0.25) is 11.8 Å². The molecule has 10 heteroatoms. The SMILES string of the molecule is CC(NC(=O)/C=C/c1ccc(C(F)(F)F)cc1)C(=O)N1CCS(=O)(=O)CC1. The van der Waals surface area contributed by atoms with Crippen molar-refractivity contribution in [2.45, 2.75) is 19.1 Å². The lowest BCUT2D eigenvalue weighted by Crippen LogP contribution is -2.51. The van der Waals surface area contributed by atoms with Crippen LogP contribution >= 0.6 is 0 Å². The van der Waals surface area contributed by atoms with E-state index in [0.29, 0.717) is 5.56 Å². The van der Waals surface area contributed by atoms with Gasteiger partial charge in [-0.1, -0.05) is 12.1 Å². The zero-order valence-corrected chi connectivity index (χ0v) is 15.3. The van der Waals surface area contributed by atoms with Crippen molar-refractivity contribution in [1.82, 2.24) is 10.2 Å². The smallest absolute Gasteiger partial charge is 0.341 e. The lowest BCUT2D eigenvalue weighted by molar-refractivity contribution is -0.137. The number of nitrogens with one attached hydrogen (secondary N) is 1. The van der Waals surface area contributed by atoms with Crippen LogP contribution < -0.4 is 5.32 Å². The molecule has 0 saturated carbocycles. The summed E-state index contributed by atoms with van der Waals surface area (Å²) in [6.45, 7) is 1.65. The molecule has 2 amide bonds. The summed E-state index contributed by atoms with van der Waals surface area (Å²) < 4.78 is 60.3. The molecular weight excluding hydrogens is 385 g/mol. The fourth-order valence-electron chi connectivity index (χ4n) is 2.49. The third-order valence-corrected chi connectivity index (χ3v) is 5.66. The molecule has 148 valence electrons. The summed E-state index contributed by atoms with van der Waals surface area (Å²) >= 11 is 0. The summed E-state index contributed by atoms with van der Waals surface area (Å²) in [4.78, 5) is 25.5. The fraction of sp³-hybridized carbons (Fsp3) is 0.412. The first-order chi connectivity index (χ1) is 12.5. The van der Waals surface area contributed by atoms with Crippen molar-refractivity contribution in [3.63, 3.8) is 0 Å². The molecule has 0 aliphatic carbocycles. The number of carbonyl (C=O) groups is 2. The van der Waals surface area contributed by atoms with Crippen LogP contribution in [0.5, 0.6) is 0 Å². The molecular formula is C17H19F3N2O4S. The molecule has 27 heavy (non-hydrogen) atoms. The number of amides is 2. The van der Waals surface area contributed by atoms with Crippen LogP contribution in [0, 0.1) is 0 Å². The lowest BCUT2D eigenvalue weighted by atomic mass is 10.1. The molecule has 1 saturated heterocycles. The monoisotopic (exact) mass is 404 g/mol. The molecule has 1 atom stereocenters. The number of halogens is 3. The van der Waals surface area contributed by atoms with E-state index in [2.05, 4.69) is 5.32 Å². The predicted octanol–water partition coefficient (Wildman–Crippen LogP) is 1.48. The number of benzene rings is 1. The molecule has 1 aromatic rings. The van der Waals surface area contributed by atoms with E-state index in [4.69, 9.17) is 0 Å². The third kappa shape index (κ3) is 6.09. The van der Waals surface area contributed by atoms with E-state index in [1.54, 1.807) is 0 Å². The number of hydrogen-bond acceptors (Lipinski definition) is 4. The van der Waals surface area contributed by atoms with Crippen molar-refractivity contribution in [3.8, 4) is 0 Å². The van der Waals surface area contributed by atoms with E-state index in [9.17, 15) is 31.2 Å². The summed E-state index contributed by atoms with van der Waals surface area (Å²) in [7, 11) is -3.11. The van der Waals surface area contributed by atoms with Crippen molar-refractivity contribution < 1.29 is 31.2 Å². The van der Waals surface area contributed by atoms with Gasteiger partial charge in [0.05, 0.1) is 17.1 Å². The average Bonchev–Trinajstić information content (AvgIpc) is 2.59. The highest BCUT2D eigenvalue weighted by Gasteiger charge is 2.30. The minimum Gasteiger partial charge on any atom is -0.341 e. The molecule has 1 aliphatic rings. The van der Waals surface area contributed by atoms with Crippen molar-refractivity contribution in [2.75, 3.05) is 24.6 Å². The number of rotatable bonds is 4. The Bertz CT molecular complexity index is 819. The predicted molar refractivity (Wildman–Crippen MR) is 93.3 cm³/mol. The van der Waals surface area contributed by atoms with Gasteiger partial charge >= 0.3 is 6.18 Å². The van der Waals surface area contributed by atoms with E-state index >= 15 is 0 Å². The minimum absolute atomic E-state index is 0.0861. The molecule has 6 nitrogen and oxygen atoms in total. The van der Waals surface area contributed by atoms with E-state index < -0.39 is 33.5 Å². The first kappa shape index (κ1) is 20.9. The number of sulfone groups is 1. The van der Waals surface area contributed by atoms with Gasteiger partial charge in [-0.2, -0.15) is 13.2 Å². The van der Waals surface area contributed by atoms with Crippen molar-refractivity contribution in [3.05, 3.63) is 41.5 Å². The summed E-state index contributed by atoms with van der Waals surface area (Å²) in [5, 5.41) is 2.46. The van der Waals surface area contributed by atoms with Gasteiger partial charge in [0, 0.05) is 19.2 Å². The second-order valence-corrected chi connectivity index (χ2v) is 8.46. The maximum absolute atomic E-state index is 12.5. The first-order valence-corrected chi connectivity index (χ1v) is 9.95. The molecule has 1 aromatic carbocycles. The molecule has 1 unspecified atom stereocenters. The number of nitrogens with zero attached hydrogens (tertiary/aromatic N) is 1. The Morgan fingerprint density at radius 3 is 2.22 bits per heavy atom. The molecule has 0 aromatic heterocycles. The van der Waals surface area contributed by atoms with Crippen LogP contribution in [-0.2, 0) is 25.6 Å². The second-order valence-electron chi connectivity index (χ2n) is 6.16. The van der Waals surface area contributed by atoms with Gasteiger partial charge in [0.15, 0.2) is 9.84 Å². The van der Waals surface area contributed by atoms with Crippen molar-refractivity contribution in [1.29, 1.82) is 0 Å². The van der Waals surface area contributed by atoms with E-state index in [0.717, 1.165) is 18.2 Å². The van der Waals surface area contributed by atoms with Gasteiger partial charge in [-0.3, -0.25) is 9.59 Å². The zero-order chi connectivity index (χ0) is 20.2. The summed E-state index contributed by atoms with van der Waals surface area (Å²) in [5.74, 6) is -1.18. The fourth-order valence-corrected chi connectivity index (χ4v) is 3.69. The summed E-state index contributed by atoms with van der Waals surface area (Å²) in [5.41, 5.74) is -0.384. The molecule has 1 N–H and O–H groups in total. The van der Waals surface area contributed by atoms with Crippen molar-refractivity contribution in [2.24, 2.45) is 0 Å². The lowest BCUT2D eigenvalue weighted by Gasteiger charge is -2.29. The highest BCUT2D eigenvalue weighted by atomic mass is 32.2. The van der Waals surface area contributed by atoms with Crippen LogP contribution in [-0.4, -0.2) is 55.8 Å². The van der Waals surface area contributed by atoms with Gasteiger partial charge in [-0.25, -0.2) is 8.42 Å². The normalized spacial score (nSPS) is 18.3. The van der Waals surface area contributed by atoms with Crippen molar-refractivity contribution >= 4 is 27.7 Å². The van der Waals surface area contributed by atoms with Gasteiger partial charge in [-0.15, -0.1) is 0 Å². The van der Waals surface area contributed by atoms with Crippen LogP contribution in [0.25, 0.3) is 6.08 Å². The highest BCUT2D eigenvalue weighted by Crippen LogP contribution is 2.29. The minimum atomic E-state index is -4.43. The summed E-state index contributed by atoms with van der Waals surface area (Å²) in [6, 6.07) is 3.43. The van der Waals surface area contributed by atoms with Crippen LogP contribution in [0.1, 0.15) is 18.1 Å². The zero-order valence-electron chi connectivity index (χ0n) is 14.5. The Kier molecular flexibility index (Phi) is 6.30. The topological polar surface area (TPSA) is 83.6 Å². The standard InChI is InChI=1S/C17H19F3N2O4S/c1-12(16(24)22-8-10-27(25,26)11-9-22)21-15(23)7-4-13-2-5-14(6-3-13)17(18,19)20/h2-7,12H,8-11H2,1H3,(H,21,23)/b7-4+. The highest BCUT2D eigenvalue weighted by molar-refractivity contribution is 7.91. The van der Waals surface area contributed by atoms with Gasteiger partial charge in [-0.05, 0) is 30.7 Å². The number of hydrogen-bond donors (Lipinski definition) is 1. The summed E-state index contributed by atoms with van der Waals surface area (Å²) in [6.07, 6.45) is -1.98. The van der Waals surface area contributed by atoms with Crippen LogP contribution in [0.4, 0.5) is 13.2 Å². The van der Waals surface area contributed by atoms with E-state index in [-0.39, 0.29) is 30.5 Å². The number of carbonyl (C=O) groups excluding carboxylic acids is 2. The van der Waals surface area contributed by atoms with Crippen LogP contribution in [0.2, 0.25) is 0 Å². The molecule has 0 spiro atoms. The second kappa shape index (κ2) is 8.12. The van der Waals surface area contributed by atoms with E-state index in [1.807, 2.05) is 0 Å². The molecule has 0 radical (unpaired) electrons. The maximum atomic E-state index is 12.5. The first-order valence-electron chi connectivity index (χ1n) is 8.13. The average molecular weight is 404 g/mol.